The second-order valence-corrected chi connectivity index (χ2v) is 7.45. The first kappa shape index (κ1) is 17.9. The fourth-order valence-electron chi connectivity index (χ4n) is 2.69. The predicted molar refractivity (Wildman–Crippen MR) is 88.3 cm³/mol. The van der Waals surface area contributed by atoms with Gasteiger partial charge in [0.2, 0.25) is 0 Å². The van der Waals surface area contributed by atoms with E-state index in [0.29, 0.717) is 11.7 Å². The van der Waals surface area contributed by atoms with Gasteiger partial charge in [-0.1, -0.05) is 71.1 Å². The Morgan fingerprint density at radius 3 is 2.00 bits per heavy atom. The first-order chi connectivity index (χ1) is 9.77. The zero-order valence-electron chi connectivity index (χ0n) is 13.4. The van der Waals surface area contributed by atoms with Crippen molar-refractivity contribution in [3.05, 3.63) is 0 Å². The van der Waals surface area contributed by atoms with Gasteiger partial charge in [-0.3, -0.25) is 4.79 Å². The van der Waals surface area contributed by atoms with E-state index < -0.39 is 0 Å². The molecule has 0 radical (unpaired) electrons. The summed E-state index contributed by atoms with van der Waals surface area (Å²) in [4.78, 5) is 11.1. The maximum absolute atomic E-state index is 11.1. The Morgan fingerprint density at radius 1 is 0.900 bits per heavy atom. The van der Waals surface area contributed by atoms with Gasteiger partial charge < -0.3 is 4.74 Å². The van der Waals surface area contributed by atoms with Crippen LogP contribution in [0, 0.1) is 0 Å². The lowest BCUT2D eigenvalue weighted by Gasteiger charge is -2.02. The first-order valence-corrected chi connectivity index (χ1v) is 9.44. The molecule has 0 spiro atoms. The van der Waals surface area contributed by atoms with E-state index in [2.05, 4.69) is 6.92 Å². The lowest BCUT2D eigenvalue weighted by atomic mass is 10.0. The third kappa shape index (κ3) is 8.89. The van der Waals surface area contributed by atoms with Crippen molar-refractivity contribution in [3.8, 4) is 0 Å². The number of ether oxygens (including phenoxy) is 1. The minimum atomic E-state index is -0.0481. The van der Waals surface area contributed by atoms with Crippen molar-refractivity contribution < 1.29 is 9.53 Å². The highest BCUT2D eigenvalue weighted by Crippen LogP contribution is 2.46. The van der Waals surface area contributed by atoms with Crippen LogP contribution in [0.1, 0.15) is 84.0 Å². The van der Waals surface area contributed by atoms with Crippen LogP contribution in [-0.4, -0.2) is 23.6 Å². The van der Waals surface area contributed by atoms with Crippen molar-refractivity contribution in [3.63, 3.8) is 0 Å². The summed E-state index contributed by atoms with van der Waals surface area (Å²) in [6.45, 7) is 2.27. The van der Waals surface area contributed by atoms with Crippen molar-refractivity contribution in [2.75, 3.05) is 7.11 Å². The van der Waals surface area contributed by atoms with Gasteiger partial charge in [-0.05, 0) is 6.42 Å². The number of carbonyl (C=O) groups is 1. The molecule has 0 saturated carbocycles. The molecule has 2 nitrogen and oxygen atoms in total. The molecule has 1 saturated heterocycles. The number of hydrogen-bond acceptors (Lipinski definition) is 3. The van der Waals surface area contributed by atoms with Gasteiger partial charge in [0.1, 0.15) is 0 Å². The zero-order chi connectivity index (χ0) is 14.6. The molecule has 1 rings (SSSR count). The molecule has 2 unspecified atom stereocenters. The normalized spacial score (nSPS) is 20.9. The number of methoxy groups -OCH3 is 1. The maximum atomic E-state index is 11.1. The summed E-state index contributed by atoms with van der Waals surface area (Å²) < 4.78 is 4.70. The highest BCUT2D eigenvalue weighted by molar-refractivity contribution is 8.07. The van der Waals surface area contributed by atoms with Gasteiger partial charge in [0, 0.05) is 10.5 Å². The monoisotopic (exact) mass is 300 g/mol. The lowest BCUT2D eigenvalue weighted by Crippen LogP contribution is -2.06. The predicted octanol–water partition coefficient (Wildman–Crippen LogP) is 5.34. The Morgan fingerprint density at radius 2 is 1.45 bits per heavy atom. The molecule has 1 aliphatic heterocycles. The van der Waals surface area contributed by atoms with E-state index in [4.69, 9.17) is 4.74 Å². The molecule has 2 atom stereocenters. The third-order valence-corrected chi connectivity index (χ3v) is 5.57. The van der Waals surface area contributed by atoms with Crippen molar-refractivity contribution in [2.45, 2.75) is 94.5 Å². The Bertz CT molecular complexity index is 255. The molecule has 0 aromatic rings. The van der Waals surface area contributed by atoms with Gasteiger partial charge >= 0.3 is 5.97 Å². The summed E-state index contributed by atoms with van der Waals surface area (Å²) in [6, 6.07) is 0. The molecule has 118 valence electrons. The van der Waals surface area contributed by atoms with Gasteiger partial charge in [0.05, 0.1) is 13.5 Å². The summed E-state index contributed by atoms with van der Waals surface area (Å²) in [7, 11) is 1.48. The number of hydrogen-bond donors (Lipinski definition) is 0. The van der Waals surface area contributed by atoms with Crippen molar-refractivity contribution in [1.82, 2.24) is 0 Å². The number of esters is 1. The van der Waals surface area contributed by atoms with Crippen LogP contribution in [0.5, 0.6) is 0 Å². The van der Waals surface area contributed by atoms with E-state index >= 15 is 0 Å². The fourth-order valence-corrected chi connectivity index (χ4v) is 3.82. The molecule has 0 aliphatic carbocycles. The van der Waals surface area contributed by atoms with Crippen LogP contribution in [0.25, 0.3) is 0 Å². The molecular formula is C17H32O2S. The van der Waals surface area contributed by atoms with Crippen LogP contribution in [0.4, 0.5) is 0 Å². The Hall–Kier alpha value is -0.180. The minimum absolute atomic E-state index is 0.0481. The summed E-state index contributed by atoms with van der Waals surface area (Å²) >= 11 is 1.96. The molecule has 0 amide bonds. The summed E-state index contributed by atoms with van der Waals surface area (Å²) in [5, 5.41) is 1.30. The Balaban J connectivity index is 1.77. The lowest BCUT2D eigenvalue weighted by molar-refractivity contribution is -0.140. The van der Waals surface area contributed by atoms with Crippen LogP contribution in [0.3, 0.4) is 0 Å². The molecule has 0 aromatic heterocycles. The van der Waals surface area contributed by atoms with Gasteiger partial charge in [-0.25, -0.2) is 0 Å². The van der Waals surface area contributed by atoms with Gasteiger partial charge in [-0.15, -0.1) is 0 Å². The second-order valence-electron chi connectivity index (χ2n) is 5.96. The SMILES string of the molecule is CCCCCCCCCCCCC1SC1CC(=O)OC. The molecule has 1 aliphatic rings. The van der Waals surface area contributed by atoms with E-state index in [-0.39, 0.29) is 5.97 Å². The second kappa shape index (κ2) is 11.5. The maximum Gasteiger partial charge on any atom is 0.306 e. The highest BCUT2D eigenvalue weighted by Gasteiger charge is 2.39. The average molecular weight is 301 g/mol. The van der Waals surface area contributed by atoms with Crippen molar-refractivity contribution >= 4 is 17.7 Å². The minimum Gasteiger partial charge on any atom is -0.469 e. The molecule has 20 heavy (non-hydrogen) atoms. The van der Waals surface area contributed by atoms with E-state index in [1.54, 1.807) is 0 Å². The molecule has 1 fully saturated rings. The molecular weight excluding hydrogens is 268 g/mol. The summed E-state index contributed by atoms with van der Waals surface area (Å²) in [6.07, 6.45) is 15.9. The highest BCUT2D eigenvalue weighted by atomic mass is 32.2. The van der Waals surface area contributed by atoms with Crippen molar-refractivity contribution in [1.29, 1.82) is 0 Å². The van der Waals surface area contributed by atoms with Gasteiger partial charge in [-0.2, -0.15) is 11.8 Å². The van der Waals surface area contributed by atoms with E-state index in [1.807, 2.05) is 11.8 Å². The molecule has 0 bridgehead atoms. The van der Waals surface area contributed by atoms with E-state index in [9.17, 15) is 4.79 Å². The Kier molecular flexibility index (Phi) is 10.3. The number of carbonyl (C=O) groups excluding carboxylic acids is 1. The van der Waals surface area contributed by atoms with Crippen LogP contribution in [-0.2, 0) is 9.53 Å². The molecule has 3 heteroatoms. The molecule has 0 aromatic carbocycles. The van der Waals surface area contributed by atoms with Crippen LogP contribution < -0.4 is 0 Å². The Labute approximate surface area is 129 Å². The standard InChI is InChI=1S/C17H32O2S/c1-3-4-5-6-7-8-9-10-11-12-13-15-16(20-15)14-17(18)19-2/h15-16H,3-14H2,1-2H3. The fraction of sp³-hybridized carbons (Fsp3) is 0.941. The topological polar surface area (TPSA) is 26.3 Å². The zero-order valence-corrected chi connectivity index (χ0v) is 14.2. The van der Waals surface area contributed by atoms with Crippen LogP contribution >= 0.6 is 11.8 Å². The number of thioether (sulfide) groups is 1. The van der Waals surface area contributed by atoms with Crippen LogP contribution in [0.2, 0.25) is 0 Å². The summed E-state index contributed by atoms with van der Waals surface area (Å²) in [5.74, 6) is -0.0481. The van der Waals surface area contributed by atoms with Crippen molar-refractivity contribution in [2.24, 2.45) is 0 Å². The van der Waals surface area contributed by atoms with Gasteiger partial charge in [0.15, 0.2) is 0 Å². The first-order valence-electron chi connectivity index (χ1n) is 8.50. The molecule has 0 N–H and O–H groups in total. The quantitative estimate of drug-likeness (QED) is 0.261. The summed E-state index contributed by atoms with van der Waals surface area (Å²) in [5.41, 5.74) is 0. The molecule has 1 heterocycles. The number of rotatable bonds is 13. The average Bonchev–Trinajstić information content (AvgIpc) is 3.18. The van der Waals surface area contributed by atoms with Gasteiger partial charge in [0.25, 0.3) is 0 Å². The number of unbranched alkanes of at least 4 members (excludes halogenated alkanes) is 9. The third-order valence-electron chi connectivity index (χ3n) is 4.13. The largest absolute Gasteiger partial charge is 0.469 e. The smallest absolute Gasteiger partial charge is 0.306 e. The van der Waals surface area contributed by atoms with Crippen LogP contribution in [0.15, 0.2) is 0 Å². The van der Waals surface area contributed by atoms with E-state index in [1.165, 1.54) is 77.7 Å². The van der Waals surface area contributed by atoms with E-state index in [0.717, 1.165) is 5.25 Å².